The monoisotopic (exact) mass is 461 g/mol. The Labute approximate surface area is 199 Å². The van der Waals surface area contributed by atoms with Crippen molar-refractivity contribution in [1.29, 1.82) is 0 Å². The molecule has 0 spiro atoms. The van der Waals surface area contributed by atoms with E-state index < -0.39 is 0 Å². The van der Waals surface area contributed by atoms with Crippen LogP contribution in [0.25, 0.3) is 22.2 Å². The molecule has 34 heavy (non-hydrogen) atoms. The molecule has 0 aliphatic heterocycles. The summed E-state index contributed by atoms with van der Waals surface area (Å²) in [5, 5.41) is 8.85. The van der Waals surface area contributed by atoms with Crippen molar-refractivity contribution >= 4 is 16.8 Å². The van der Waals surface area contributed by atoms with Gasteiger partial charge in [-0.15, -0.1) is 0 Å². The van der Waals surface area contributed by atoms with Gasteiger partial charge in [0.1, 0.15) is 17.2 Å². The number of ether oxygens (including phenoxy) is 2. The number of carbonyl (C=O) groups excluding carboxylic acids is 1. The van der Waals surface area contributed by atoms with Crippen LogP contribution in [-0.4, -0.2) is 60.0 Å². The lowest BCUT2D eigenvalue weighted by atomic mass is 10.0. The summed E-state index contributed by atoms with van der Waals surface area (Å²) in [6.45, 7) is 0.461. The van der Waals surface area contributed by atoms with E-state index in [1.54, 1.807) is 32.0 Å². The molecule has 178 valence electrons. The molecule has 0 bridgehead atoms. The van der Waals surface area contributed by atoms with Gasteiger partial charge in [0.15, 0.2) is 0 Å². The van der Waals surface area contributed by atoms with Crippen LogP contribution < -0.4 is 14.8 Å². The molecule has 0 unspecified atom stereocenters. The molecule has 2 heterocycles. The van der Waals surface area contributed by atoms with E-state index in [1.165, 1.54) is 16.5 Å². The van der Waals surface area contributed by atoms with Crippen molar-refractivity contribution < 1.29 is 14.3 Å². The Bertz CT molecular complexity index is 1320. The lowest BCUT2D eigenvalue weighted by Gasteiger charge is -2.24. The SMILES string of the molecule is COc1ccc(OC)c(-c2cc(C(=O)NC[C@H](c3cn(C)c4ccccc34)N(C)C)n(C)n2)c1. The van der Waals surface area contributed by atoms with Crippen LogP contribution in [0, 0.1) is 0 Å². The van der Waals surface area contributed by atoms with Gasteiger partial charge >= 0.3 is 0 Å². The van der Waals surface area contributed by atoms with E-state index in [9.17, 15) is 4.79 Å². The summed E-state index contributed by atoms with van der Waals surface area (Å²) in [5.41, 5.74) is 4.21. The number of aryl methyl sites for hydroxylation is 2. The van der Waals surface area contributed by atoms with Gasteiger partial charge in [-0.3, -0.25) is 9.48 Å². The fourth-order valence-electron chi connectivity index (χ4n) is 4.31. The van der Waals surface area contributed by atoms with Crippen molar-refractivity contribution in [1.82, 2.24) is 24.6 Å². The van der Waals surface area contributed by atoms with Crippen LogP contribution in [0.5, 0.6) is 11.5 Å². The van der Waals surface area contributed by atoms with Gasteiger partial charge in [-0.25, -0.2) is 0 Å². The molecule has 0 saturated heterocycles. The second-order valence-corrected chi connectivity index (χ2v) is 8.51. The van der Waals surface area contributed by atoms with E-state index in [-0.39, 0.29) is 11.9 Å². The number of carbonyl (C=O) groups is 1. The van der Waals surface area contributed by atoms with Crippen LogP contribution in [0.3, 0.4) is 0 Å². The number of likely N-dealkylation sites (N-methyl/N-ethyl adjacent to an activating group) is 1. The highest BCUT2D eigenvalue weighted by Crippen LogP contribution is 2.33. The number of rotatable bonds is 8. The van der Waals surface area contributed by atoms with Gasteiger partial charge in [0, 0.05) is 43.3 Å². The first-order valence-electron chi connectivity index (χ1n) is 11.1. The highest BCUT2D eigenvalue weighted by molar-refractivity contribution is 5.94. The summed E-state index contributed by atoms with van der Waals surface area (Å²) in [7, 11) is 11.1. The van der Waals surface area contributed by atoms with Gasteiger partial charge in [0.2, 0.25) is 0 Å². The number of benzene rings is 2. The average Bonchev–Trinajstić information content (AvgIpc) is 3.38. The molecule has 0 saturated carbocycles. The third kappa shape index (κ3) is 4.36. The van der Waals surface area contributed by atoms with Crippen LogP contribution >= 0.6 is 0 Å². The van der Waals surface area contributed by atoms with E-state index in [4.69, 9.17) is 9.47 Å². The number of aromatic nitrogens is 3. The largest absolute Gasteiger partial charge is 0.497 e. The predicted octanol–water partition coefficient (Wildman–Crippen LogP) is 3.63. The minimum absolute atomic E-state index is 0.0150. The summed E-state index contributed by atoms with van der Waals surface area (Å²) in [5.74, 6) is 1.17. The molecule has 0 fully saturated rings. The van der Waals surface area contributed by atoms with Gasteiger partial charge in [0.25, 0.3) is 5.91 Å². The van der Waals surface area contributed by atoms with Crippen LogP contribution in [0.2, 0.25) is 0 Å². The van der Waals surface area contributed by atoms with E-state index in [0.717, 1.165) is 5.56 Å². The maximum absolute atomic E-state index is 13.2. The van der Waals surface area contributed by atoms with Crippen molar-refractivity contribution in [2.24, 2.45) is 14.1 Å². The molecule has 4 aromatic rings. The Kier molecular flexibility index (Phi) is 6.61. The Balaban J connectivity index is 1.58. The fraction of sp³-hybridized carbons (Fsp3) is 0.308. The zero-order valence-corrected chi connectivity index (χ0v) is 20.5. The highest BCUT2D eigenvalue weighted by atomic mass is 16.5. The average molecular weight is 462 g/mol. The molecule has 0 aliphatic carbocycles. The van der Waals surface area contributed by atoms with Crippen LogP contribution in [0.1, 0.15) is 22.1 Å². The van der Waals surface area contributed by atoms with Gasteiger partial charge < -0.3 is 24.3 Å². The number of amides is 1. The van der Waals surface area contributed by atoms with E-state index in [0.29, 0.717) is 29.4 Å². The lowest BCUT2D eigenvalue weighted by Crippen LogP contribution is -2.35. The van der Waals surface area contributed by atoms with E-state index in [2.05, 4.69) is 38.2 Å². The smallest absolute Gasteiger partial charge is 0.269 e. The summed E-state index contributed by atoms with van der Waals surface area (Å²) in [6.07, 6.45) is 2.14. The van der Waals surface area contributed by atoms with Gasteiger partial charge in [-0.1, -0.05) is 18.2 Å². The quantitative estimate of drug-likeness (QED) is 0.434. The zero-order valence-electron chi connectivity index (χ0n) is 20.5. The first-order chi connectivity index (χ1) is 16.3. The molecule has 1 N–H and O–H groups in total. The minimum atomic E-state index is -0.185. The number of methoxy groups -OCH3 is 2. The molecule has 2 aromatic heterocycles. The third-order valence-corrected chi connectivity index (χ3v) is 6.16. The second-order valence-electron chi connectivity index (χ2n) is 8.51. The van der Waals surface area contributed by atoms with Crippen LogP contribution in [0.15, 0.2) is 54.7 Å². The van der Waals surface area contributed by atoms with E-state index >= 15 is 0 Å². The number of hydrogen-bond acceptors (Lipinski definition) is 5. The Morgan fingerprint density at radius 1 is 1.09 bits per heavy atom. The molecular weight excluding hydrogens is 430 g/mol. The van der Waals surface area contributed by atoms with Crippen LogP contribution in [-0.2, 0) is 14.1 Å². The molecule has 4 rings (SSSR count). The van der Waals surface area contributed by atoms with Crippen molar-refractivity contribution in [2.45, 2.75) is 6.04 Å². The molecule has 8 nitrogen and oxygen atoms in total. The fourth-order valence-corrected chi connectivity index (χ4v) is 4.31. The van der Waals surface area contributed by atoms with Gasteiger partial charge in [0.05, 0.1) is 26.0 Å². The van der Waals surface area contributed by atoms with Gasteiger partial charge in [-0.2, -0.15) is 5.10 Å². The van der Waals surface area contributed by atoms with Crippen molar-refractivity contribution in [3.8, 4) is 22.8 Å². The first kappa shape index (κ1) is 23.4. The predicted molar refractivity (Wildman–Crippen MR) is 133 cm³/mol. The summed E-state index contributed by atoms with van der Waals surface area (Å²) >= 11 is 0. The molecule has 0 radical (unpaired) electrons. The number of hydrogen-bond donors (Lipinski definition) is 1. The topological polar surface area (TPSA) is 73.6 Å². The first-order valence-corrected chi connectivity index (χ1v) is 11.1. The molecule has 1 atom stereocenters. The highest BCUT2D eigenvalue weighted by Gasteiger charge is 2.22. The number of para-hydroxylation sites is 1. The number of nitrogens with one attached hydrogen (secondary N) is 1. The zero-order chi connectivity index (χ0) is 24.4. The Morgan fingerprint density at radius 3 is 2.56 bits per heavy atom. The molecular formula is C26H31N5O3. The molecule has 8 heteroatoms. The Hall–Kier alpha value is -3.78. The maximum Gasteiger partial charge on any atom is 0.269 e. The maximum atomic E-state index is 13.2. The summed E-state index contributed by atoms with van der Waals surface area (Å²) < 4.78 is 14.5. The van der Waals surface area contributed by atoms with Crippen molar-refractivity contribution in [2.75, 3.05) is 34.9 Å². The number of fused-ring (bicyclic) bond motifs is 1. The molecule has 1 amide bonds. The minimum Gasteiger partial charge on any atom is -0.497 e. The van der Waals surface area contributed by atoms with Gasteiger partial charge in [-0.05, 0) is 50.0 Å². The lowest BCUT2D eigenvalue weighted by molar-refractivity contribution is 0.0932. The third-order valence-electron chi connectivity index (χ3n) is 6.16. The molecule has 0 aliphatic rings. The normalized spacial score (nSPS) is 12.2. The van der Waals surface area contributed by atoms with Crippen molar-refractivity contribution in [3.05, 3.63) is 66.0 Å². The van der Waals surface area contributed by atoms with Crippen molar-refractivity contribution in [3.63, 3.8) is 0 Å². The van der Waals surface area contributed by atoms with Crippen LogP contribution in [0.4, 0.5) is 0 Å². The number of nitrogens with zero attached hydrogens (tertiary/aromatic N) is 4. The summed E-state index contributed by atoms with van der Waals surface area (Å²) in [6, 6.07) is 15.6. The standard InChI is InChI=1S/C26H31N5O3/c1-29(2)24(20-16-30(3)22-10-8-7-9-18(20)22)15-27-26(32)23-14-21(28-31(23)4)19-13-17(33-5)11-12-25(19)34-6/h7-14,16,24H,15H2,1-6H3,(H,27,32)/t24-/m1/s1. The second kappa shape index (κ2) is 9.61. The summed E-state index contributed by atoms with van der Waals surface area (Å²) in [4.78, 5) is 15.3. The van der Waals surface area contributed by atoms with E-state index in [1.807, 2.05) is 51.5 Å². The Morgan fingerprint density at radius 2 is 1.85 bits per heavy atom. The molecule has 2 aromatic carbocycles.